The quantitative estimate of drug-likeness (QED) is 0.683. The van der Waals surface area contributed by atoms with Gasteiger partial charge in [0.15, 0.2) is 0 Å². The summed E-state index contributed by atoms with van der Waals surface area (Å²) in [5.41, 5.74) is 1.08. The van der Waals surface area contributed by atoms with Gasteiger partial charge in [0.1, 0.15) is 0 Å². The fourth-order valence-corrected chi connectivity index (χ4v) is 2.31. The summed E-state index contributed by atoms with van der Waals surface area (Å²) in [6.45, 7) is 0.895. The third-order valence-electron chi connectivity index (χ3n) is 3.69. The minimum atomic E-state index is -0.113. The molecule has 2 amide bonds. The van der Waals surface area contributed by atoms with Crippen LogP contribution in [0, 0.1) is 5.92 Å². The largest absolute Gasteiger partial charge is 0.396 e. The van der Waals surface area contributed by atoms with Crippen molar-refractivity contribution in [1.29, 1.82) is 0 Å². The Kier molecular flexibility index (Phi) is 5.87. The highest BCUT2D eigenvalue weighted by Gasteiger charge is 2.21. The number of benzene rings is 1. The molecule has 4 nitrogen and oxygen atoms in total. The van der Waals surface area contributed by atoms with Crippen molar-refractivity contribution < 1.29 is 9.90 Å². The third-order valence-corrected chi connectivity index (χ3v) is 3.69. The summed E-state index contributed by atoms with van der Waals surface area (Å²) in [5, 5.41) is 14.9. The normalized spacial score (nSPS) is 15.7. The molecule has 3 N–H and O–H groups in total. The number of aliphatic hydroxyl groups excluding tert-OH is 1. The van der Waals surface area contributed by atoms with Gasteiger partial charge in [0.2, 0.25) is 0 Å². The highest BCUT2D eigenvalue weighted by molar-refractivity contribution is 5.74. The molecule has 0 aliphatic heterocycles. The Labute approximate surface area is 120 Å². The van der Waals surface area contributed by atoms with Crippen molar-refractivity contribution in [1.82, 2.24) is 10.6 Å². The number of nitrogens with one attached hydrogen (secondary N) is 2. The topological polar surface area (TPSA) is 61.4 Å². The van der Waals surface area contributed by atoms with Crippen LogP contribution >= 0.6 is 0 Å². The molecule has 0 aromatic heterocycles. The van der Waals surface area contributed by atoms with Crippen molar-refractivity contribution in [3.05, 3.63) is 35.9 Å². The van der Waals surface area contributed by atoms with Gasteiger partial charge in [-0.2, -0.15) is 0 Å². The van der Waals surface area contributed by atoms with Crippen LogP contribution in [0.1, 0.15) is 43.7 Å². The van der Waals surface area contributed by atoms with Gasteiger partial charge in [-0.3, -0.25) is 0 Å². The van der Waals surface area contributed by atoms with E-state index in [0.29, 0.717) is 6.42 Å². The summed E-state index contributed by atoms with van der Waals surface area (Å²) >= 11 is 0. The minimum Gasteiger partial charge on any atom is -0.396 e. The van der Waals surface area contributed by atoms with E-state index in [1.807, 2.05) is 30.3 Å². The van der Waals surface area contributed by atoms with Gasteiger partial charge in [-0.15, -0.1) is 0 Å². The number of carbonyl (C=O) groups is 1. The molecular weight excluding hydrogens is 252 g/mol. The molecule has 1 atom stereocenters. The average molecular weight is 276 g/mol. The minimum absolute atomic E-state index is 0.0377. The van der Waals surface area contributed by atoms with Crippen molar-refractivity contribution in [2.24, 2.45) is 5.92 Å². The highest BCUT2D eigenvalue weighted by atomic mass is 16.3. The third kappa shape index (κ3) is 5.21. The number of amides is 2. The highest BCUT2D eigenvalue weighted by Crippen LogP contribution is 2.31. The smallest absolute Gasteiger partial charge is 0.315 e. The summed E-state index contributed by atoms with van der Waals surface area (Å²) in [7, 11) is 0. The standard InChI is InChI=1S/C16H24N2O2/c19-12-4-7-15(14-5-2-1-3-6-14)18-16(20)17-11-10-13-8-9-13/h1-3,5-6,13,15,19H,4,7-12H2,(H2,17,18,20). The van der Waals surface area contributed by atoms with Crippen molar-refractivity contribution in [2.45, 2.75) is 38.1 Å². The van der Waals surface area contributed by atoms with Crippen molar-refractivity contribution in [2.75, 3.05) is 13.2 Å². The molecule has 20 heavy (non-hydrogen) atoms. The van der Waals surface area contributed by atoms with E-state index in [1.54, 1.807) is 0 Å². The second-order valence-electron chi connectivity index (χ2n) is 5.46. The van der Waals surface area contributed by atoms with E-state index < -0.39 is 0 Å². The Morgan fingerprint density at radius 3 is 2.70 bits per heavy atom. The predicted molar refractivity (Wildman–Crippen MR) is 79.4 cm³/mol. The zero-order valence-electron chi connectivity index (χ0n) is 11.8. The molecule has 0 saturated heterocycles. The van der Waals surface area contributed by atoms with Crippen LogP contribution in [0.25, 0.3) is 0 Å². The van der Waals surface area contributed by atoms with E-state index in [4.69, 9.17) is 5.11 Å². The number of urea groups is 1. The van der Waals surface area contributed by atoms with E-state index in [2.05, 4.69) is 10.6 Å². The molecule has 1 aliphatic rings. The second-order valence-corrected chi connectivity index (χ2v) is 5.46. The maximum atomic E-state index is 11.9. The number of hydrogen-bond donors (Lipinski definition) is 3. The van der Waals surface area contributed by atoms with Crippen molar-refractivity contribution in [3.8, 4) is 0 Å². The lowest BCUT2D eigenvalue weighted by atomic mass is 10.0. The lowest BCUT2D eigenvalue weighted by molar-refractivity contribution is 0.233. The van der Waals surface area contributed by atoms with E-state index in [1.165, 1.54) is 12.8 Å². The Balaban J connectivity index is 1.80. The Hall–Kier alpha value is -1.55. The molecule has 0 heterocycles. The number of hydrogen-bond acceptors (Lipinski definition) is 2. The molecule has 1 aromatic rings. The second kappa shape index (κ2) is 7.90. The van der Waals surface area contributed by atoms with E-state index in [-0.39, 0.29) is 18.7 Å². The van der Waals surface area contributed by atoms with E-state index in [9.17, 15) is 4.79 Å². The lowest BCUT2D eigenvalue weighted by Gasteiger charge is -2.19. The van der Waals surface area contributed by atoms with Gasteiger partial charge in [0, 0.05) is 13.2 Å². The molecule has 0 spiro atoms. The van der Waals surface area contributed by atoms with Crippen LogP contribution in [0.4, 0.5) is 4.79 Å². The zero-order chi connectivity index (χ0) is 14.2. The SMILES string of the molecule is O=C(NCCC1CC1)NC(CCCO)c1ccccc1. The lowest BCUT2D eigenvalue weighted by Crippen LogP contribution is -2.38. The molecular formula is C16H24N2O2. The molecule has 1 unspecified atom stereocenters. The van der Waals surface area contributed by atoms with Crippen LogP contribution in [0.3, 0.4) is 0 Å². The summed E-state index contributed by atoms with van der Waals surface area (Å²) in [6, 6.07) is 9.75. The van der Waals surface area contributed by atoms with E-state index >= 15 is 0 Å². The van der Waals surface area contributed by atoms with Crippen molar-refractivity contribution in [3.63, 3.8) is 0 Å². The fraction of sp³-hybridized carbons (Fsp3) is 0.562. The van der Waals surface area contributed by atoms with Gasteiger partial charge in [-0.1, -0.05) is 43.2 Å². The number of rotatable bonds is 8. The molecule has 110 valence electrons. The summed E-state index contributed by atoms with van der Waals surface area (Å²) in [4.78, 5) is 11.9. The first-order valence-corrected chi connectivity index (χ1v) is 7.49. The first-order valence-electron chi connectivity index (χ1n) is 7.49. The summed E-state index contributed by atoms with van der Waals surface area (Å²) in [6.07, 6.45) is 5.14. The van der Waals surface area contributed by atoms with Crippen LogP contribution in [-0.4, -0.2) is 24.3 Å². The molecule has 2 rings (SSSR count). The van der Waals surface area contributed by atoms with Gasteiger partial charge >= 0.3 is 6.03 Å². The first-order chi connectivity index (χ1) is 9.79. The van der Waals surface area contributed by atoms with Crippen LogP contribution in [0.15, 0.2) is 30.3 Å². The molecule has 4 heteroatoms. The van der Waals surface area contributed by atoms with Gasteiger partial charge in [0.25, 0.3) is 0 Å². The molecule has 1 aliphatic carbocycles. The van der Waals surface area contributed by atoms with Crippen LogP contribution in [0.5, 0.6) is 0 Å². The zero-order valence-corrected chi connectivity index (χ0v) is 11.8. The van der Waals surface area contributed by atoms with Gasteiger partial charge in [-0.05, 0) is 30.7 Å². The van der Waals surface area contributed by atoms with Gasteiger partial charge in [-0.25, -0.2) is 4.79 Å². The Morgan fingerprint density at radius 2 is 2.05 bits per heavy atom. The monoisotopic (exact) mass is 276 g/mol. The van der Waals surface area contributed by atoms with Crippen LogP contribution < -0.4 is 10.6 Å². The fourth-order valence-electron chi connectivity index (χ4n) is 2.31. The summed E-state index contributed by atoms with van der Waals surface area (Å²) in [5.74, 6) is 0.828. The van der Waals surface area contributed by atoms with Gasteiger partial charge in [0.05, 0.1) is 6.04 Å². The number of aliphatic hydroxyl groups is 1. The maximum Gasteiger partial charge on any atom is 0.315 e. The van der Waals surface area contributed by atoms with E-state index in [0.717, 1.165) is 30.9 Å². The van der Waals surface area contributed by atoms with Gasteiger partial charge < -0.3 is 15.7 Å². The molecule has 1 aromatic carbocycles. The Bertz CT molecular complexity index is 404. The van der Waals surface area contributed by atoms with Crippen LogP contribution in [-0.2, 0) is 0 Å². The summed E-state index contributed by atoms with van der Waals surface area (Å²) < 4.78 is 0. The maximum absolute atomic E-state index is 11.9. The predicted octanol–water partition coefficient (Wildman–Crippen LogP) is 2.60. The molecule has 1 fully saturated rings. The average Bonchev–Trinajstić information content (AvgIpc) is 3.28. The molecule has 0 radical (unpaired) electrons. The van der Waals surface area contributed by atoms with Crippen molar-refractivity contribution >= 4 is 6.03 Å². The van der Waals surface area contributed by atoms with Crippen LogP contribution in [0.2, 0.25) is 0 Å². The molecule has 1 saturated carbocycles. The molecule has 0 bridgehead atoms. The number of carbonyl (C=O) groups excluding carboxylic acids is 1. The first kappa shape index (κ1) is 14.9. The Morgan fingerprint density at radius 1 is 1.30 bits per heavy atom.